The van der Waals surface area contributed by atoms with Crippen molar-refractivity contribution in [2.75, 3.05) is 44.2 Å². The molecular formula is C26H26F2N4O2. The molecule has 2 amide bonds. The second-order valence-electron chi connectivity index (χ2n) is 8.90. The van der Waals surface area contributed by atoms with Crippen LogP contribution in [-0.2, 0) is 4.79 Å². The van der Waals surface area contributed by atoms with Crippen LogP contribution in [0.3, 0.4) is 0 Å². The molecule has 2 fully saturated rings. The molecular weight excluding hydrogens is 438 g/mol. The molecule has 0 spiro atoms. The molecule has 0 N–H and O–H groups in total. The molecule has 1 aromatic heterocycles. The Morgan fingerprint density at radius 1 is 0.853 bits per heavy atom. The fourth-order valence-corrected chi connectivity index (χ4v) is 4.95. The third-order valence-electron chi connectivity index (χ3n) is 6.76. The van der Waals surface area contributed by atoms with Crippen molar-refractivity contribution in [3.05, 3.63) is 71.9 Å². The van der Waals surface area contributed by atoms with E-state index in [-0.39, 0.29) is 29.4 Å². The first-order valence-corrected chi connectivity index (χ1v) is 11.6. The molecule has 5 rings (SSSR count). The maximum Gasteiger partial charge on any atom is 0.253 e. The topological polar surface area (TPSA) is 56.8 Å². The van der Waals surface area contributed by atoms with Crippen LogP contribution in [0.25, 0.3) is 10.9 Å². The number of aromatic nitrogens is 1. The Morgan fingerprint density at radius 2 is 1.59 bits per heavy atom. The number of benzene rings is 2. The summed E-state index contributed by atoms with van der Waals surface area (Å²) in [6.07, 6.45) is 3.21. The van der Waals surface area contributed by atoms with Gasteiger partial charge in [0.2, 0.25) is 5.91 Å². The van der Waals surface area contributed by atoms with Gasteiger partial charge in [0.25, 0.3) is 5.91 Å². The molecule has 0 radical (unpaired) electrons. The van der Waals surface area contributed by atoms with E-state index in [2.05, 4.69) is 9.88 Å². The summed E-state index contributed by atoms with van der Waals surface area (Å²) in [7, 11) is 0. The number of fused-ring (bicyclic) bond motifs is 1. The van der Waals surface area contributed by atoms with E-state index in [0.717, 1.165) is 23.9 Å². The average molecular weight is 465 g/mol. The number of piperazine rings is 1. The molecule has 1 unspecified atom stereocenters. The Bertz CT molecular complexity index is 1210. The zero-order chi connectivity index (χ0) is 23.7. The van der Waals surface area contributed by atoms with Crippen LogP contribution in [0.4, 0.5) is 14.5 Å². The highest BCUT2D eigenvalue weighted by Crippen LogP contribution is 2.28. The summed E-state index contributed by atoms with van der Waals surface area (Å²) in [5.41, 5.74) is 2.04. The van der Waals surface area contributed by atoms with Crippen LogP contribution in [-0.4, -0.2) is 65.9 Å². The second kappa shape index (κ2) is 9.37. The van der Waals surface area contributed by atoms with Crippen molar-refractivity contribution in [2.24, 2.45) is 5.92 Å². The third-order valence-corrected chi connectivity index (χ3v) is 6.76. The smallest absolute Gasteiger partial charge is 0.253 e. The van der Waals surface area contributed by atoms with Gasteiger partial charge in [0.1, 0.15) is 11.6 Å². The van der Waals surface area contributed by atoms with E-state index in [0.29, 0.717) is 50.3 Å². The van der Waals surface area contributed by atoms with Crippen LogP contribution in [0.5, 0.6) is 0 Å². The summed E-state index contributed by atoms with van der Waals surface area (Å²) < 4.78 is 26.8. The van der Waals surface area contributed by atoms with Gasteiger partial charge in [0.05, 0.1) is 11.4 Å². The second-order valence-corrected chi connectivity index (χ2v) is 8.90. The van der Waals surface area contributed by atoms with Gasteiger partial charge in [-0.25, -0.2) is 8.78 Å². The molecule has 8 heteroatoms. The van der Waals surface area contributed by atoms with Gasteiger partial charge in [-0.2, -0.15) is 0 Å². The fraction of sp³-hybridized carbons (Fsp3) is 0.346. The number of pyridine rings is 1. The number of piperidine rings is 1. The molecule has 1 atom stereocenters. The summed E-state index contributed by atoms with van der Waals surface area (Å²) in [5, 5.41) is 0.894. The van der Waals surface area contributed by atoms with Crippen molar-refractivity contribution in [2.45, 2.75) is 12.8 Å². The van der Waals surface area contributed by atoms with Gasteiger partial charge < -0.3 is 14.7 Å². The van der Waals surface area contributed by atoms with Crippen LogP contribution >= 0.6 is 0 Å². The number of anilines is 1. The largest absolute Gasteiger partial charge is 0.367 e. The molecule has 2 aromatic carbocycles. The molecule has 2 aliphatic heterocycles. The van der Waals surface area contributed by atoms with Crippen LogP contribution in [0.1, 0.15) is 23.2 Å². The van der Waals surface area contributed by atoms with Crippen molar-refractivity contribution in [1.82, 2.24) is 14.8 Å². The minimum atomic E-state index is -0.380. The van der Waals surface area contributed by atoms with E-state index < -0.39 is 0 Å². The Balaban J connectivity index is 1.22. The van der Waals surface area contributed by atoms with Crippen molar-refractivity contribution in [3.8, 4) is 0 Å². The quantitative estimate of drug-likeness (QED) is 0.593. The van der Waals surface area contributed by atoms with E-state index >= 15 is 0 Å². The number of carbonyl (C=O) groups excluding carboxylic acids is 2. The first-order chi connectivity index (χ1) is 16.5. The highest BCUT2D eigenvalue weighted by atomic mass is 19.1. The summed E-state index contributed by atoms with van der Waals surface area (Å²) in [4.78, 5) is 36.2. The molecule has 6 nitrogen and oxygen atoms in total. The SMILES string of the molecule is O=C(c1ccc(F)cc1)N1CCCC(C(=O)N2CCN(c3ccnc4cc(F)ccc34)CC2)C1. The minimum Gasteiger partial charge on any atom is -0.367 e. The lowest BCUT2D eigenvalue weighted by Gasteiger charge is -2.40. The van der Waals surface area contributed by atoms with Gasteiger partial charge in [0, 0.05) is 68.2 Å². The van der Waals surface area contributed by atoms with E-state index in [1.54, 1.807) is 17.2 Å². The normalized spacial score (nSPS) is 18.9. The fourth-order valence-electron chi connectivity index (χ4n) is 4.95. The first-order valence-electron chi connectivity index (χ1n) is 11.6. The van der Waals surface area contributed by atoms with Crippen LogP contribution in [0.2, 0.25) is 0 Å². The summed E-state index contributed by atoms with van der Waals surface area (Å²) >= 11 is 0. The molecule has 3 heterocycles. The highest BCUT2D eigenvalue weighted by molar-refractivity contribution is 5.95. The van der Waals surface area contributed by atoms with Gasteiger partial charge >= 0.3 is 0 Å². The summed E-state index contributed by atoms with van der Waals surface area (Å²) in [5.74, 6) is -1.00. The van der Waals surface area contributed by atoms with Gasteiger partial charge in [0.15, 0.2) is 0 Å². The molecule has 34 heavy (non-hydrogen) atoms. The van der Waals surface area contributed by atoms with Crippen molar-refractivity contribution >= 4 is 28.4 Å². The lowest BCUT2D eigenvalue weighted by Crippen LogP contribution is -2.53. The Morgan fingerprint density at radius 3 is 2.35 bits per heavy atom. The van der Waals surface area contributed by atoms with Crippen molar-refractivity contribution in [1.29, 1.82) is 0 Å². The molecule has 0 aliphatic carbocycles. The Labute approximate surface area is 196 Å². The predicted molar refractivity (Wildman–Crippen MR) is 126 cm³/mol. The molecule has 3 aromatic rings. The minimum absolute atomic E-state index is 0.0814. The van der Waals surface area contributed by atoms with Crippen molar-refractivity contribution in [3.63, 3.8) is 0 Å². The van der Waals surface area contributed by atoms with Crippen LogP contribution in [0, 0.1) is 17.6 Å². The monoisotopic (exact) mass is 464 g/mol. The van der Waals surface area contributed by atoms with E-state index in [1.165, 1.54) is 36.4 Å². The number of likely N-dealkylation sites (tertiary alicyclic amines) is 1. The number of halogens is 2. The zero-order valence-electron chi connectivity index (χ0n) is 18.8. The first kappa shape index (κ1) is 22.3. The maximum atomic E-state index is 13.6. The van der Waals surface area contributed by atoms with Crippen LogP contribution in [0.15, 0.2) is 54.7 Å². The van der Waals surface area contributed by atoms with Gasteiger partial charge in [-0.15, -0.1) is 0 Å². The third kappa shape index (κ3) is 4.44. The lowest BCUT2D eigenvalue weighted by atomic mass is 9.95. The van der Waals surface area contributed by atoms with E-state index in [9.17, 15) is 18.4 Å². The molecule has 0 saturated carbocycles. The summed E-state index contributed by atoms with van der Waals surface area (Å²) in [6, 6.07) is 12.1. The predicted octanol–water partition coefficient (Wildman–Crippen LogP) is 3.71. The Hall–Kier alpha value is -3.55. The zero-order valence-corrected chi connectivity index (χ0v) is 18.8. The number of amides is 2. The molecule has 176 valence electrons. The molecule has 2 saturated heterocycles. The number of carbonyl (C=O) groups is 2. The average Bonchev–Trinajstić information content (AvgIpc) is 2.88. The Kier molecular flexibility index (Phi) is 6.13. The van der Waals surface area contributed by atoms with E-state index in [1.807, 2.05) is 11.0 Å². The standard InChI is InChI=1S/C26H26F2N4O2/c27-20-5-3-18(4-6-20)25(33)32-11-1-2-19(17-32)26(34)31-14-12-30(13-15-31)24-9-10-29-23-16-21(28)7-8-22(23)24/h3-10,16,19H,1-2,11-15,17H2. The number of hydrogen-bond acceptors (Lipinski definition) is 4. The van der Waals surface area contributed by atoms with Crippen molar-refractivity contribution < 1.29 is 18.4 Å². The molecule has 2 aliphatic rings. The van der Waals surface area contributed by atoms with Gasteiger partial charge in [-0.3, -0.25) is 14.6 Å². The van der Waals surface area contributed by atoms with Gasteiger partial charge in [-0.05, 0) is 55.3 Å². The summed E-state index contributed by atoms with van der Waals surface area (Å²) in [6.45, 7) is 3.51. The van der Waals surface area contributed by atoms with E-state index in [4.69, 9.17) is 0 Å². The van der Waals surface area contributed by atoms with Crippen LogP contribution < -0.4 is 4.90 Å². The lowest BCUT2D eigenvalue weighted by molar-refractivity contribution is -0.137. The number of nitrogens with zero attached hydrogens (tertiary/aromatic N) is 4. The van der Waals surface area contributed by atoms with Gasteiger partial charge in [-0.1, -0.05) is 0 Å². The number of rotatable bonds is 3. The molecule has 0 bridgehead atoms. The highest BCUT2D eigenvalue weighted by Gasteiger charge is 2.33. The maximum absolute atomic E-state index is 13.6. The number of hydrogen-bond donors (Lipinski definition) is 0.